The Bertz CT molecular complexity index is 745. The Balaban J connectivity index is 2.34. The van der Waals surface area contributed by atoms with Gasteiger partial charge in [-0.2, -0.15) is 0 Å². The molecule has 0 amide bonds. The van der Waals surface area contributed by atoms with Crippen LogP contribution in [0.15, 0.2) is 47.4 Å². The lowest BCUT2D eigenvalue weighted by molar-refractivity contribution is 0.417. The molecule has 0 fully saturated rings. The van der Waals surface area contributed by atoms with Crippen molar-refractivity contribution in [3.8, 4) is 5.75 Å². The smallest absolute Gasteiger partial charge is 0.240 e. The van der Waals surface area contributed by atoms with E-state index in [1.165, 1.54) is 19.2 Å². The van der Waals surface area contributed by atoms with Gasteiger partial charge in [0.1, 0.15) is 5.75 Å². The second-order valence-electron chi connectivity index (χ2n) is 4.28. The van der Waals surface area contributed by atoms with Crippen LogP contribution in [-0.4, -0.2) is 22.6 Å². The van der Waals surface area contributed by atoms with Crippen molar-refractivity contribution in [2.45, 2.75) is 4.90 Å². The standard InChI is InChI=1S/C14H17N3O3S/c1-16-21(18,19)10-7-8-12(11(15)9-10)17-13-5-3-4-6-14(13)20-2/h3-9,16-17H,15H2,1-2H3. The molecule has 0 atom stereocenters. The van der Waals surface area contributed by atoms with Crippen molar-refractivity contribution in [2.24, 2.45) is 0 Å². The van der Waals surface area contributed by atoms with Gasteiger partial charge in [-0.3, -0.25) is 0 Å². The minimum Gasteiger partial charge on any atom is -0.495 e. The summed E-state index contributed by atoms with van der Waals surface area (Å²) in [6, 6.07) is 11.9. The largest absolute Gasteiger partial charge is 0.495 e. The van der Waals surface area contributed by atoms with Crippen molar-refractivity contribution < 1.29 is 13.2 Å². The van der Waals surface area contributed by atoms with Crippen molar-refractivity contribution in [2.75, 3.05) is 25.2 Å². The van der Waals surface area contributed by atoms with Crippen LogP contribution in [0.2, 0.25) is 0 Å². The van der Waals surface area contributed by atoms with E-state index in [0.717, 1.165) is 5.69 Å². The van der Waals surface area contributed by atoms with Gasteiger partial charge in [0.05, 0.1) is 29.1 Å². The van der Waals surface area contributed by atoms with Gasteiger partial charge in [-0.25, -0.2) is 13.1 Å². The zero-order valence-corrected chi connectivity index (χ0v) is 12.6. The van der Waals surface area contributed by atoms with Gasteiger partial charge in [-0.15, -0.1) is 0 Å². The summed E-state index contributed by atoms with van der Waals surface area (Å²) in [5.41, 5.74) is 7.60. The lowest BCUT2D eigenvalue weighted by Crippen LogP contribution is -2.18. The molecule has 0 saturated carbocycles. The van der Waals surface area contributed by atoms with E-state index in [1.54, 1.807) is 13.2 Å². The zero-order valence-electron chi connectivity index (χ0n) is 11.8. The van der Waals surface area contributed by atoms with Gasteiger partial charge >= 0.3 is 0 Å². The minimum absolute atomic E-state index is 0.119. The summed E-state index contributed by atoms with van der Waals surface area (Å²) in [4.78, 5) is 0.119. The predicted molar refractivity (Wildman–Crippen MR) is 83.4 cm³/mol. The number of benzene rings is 2. The van der Waals surface area contributed by atoms with Crippen molar-refractivity contribution in [3.05, 3.63) is 42.5 Å². The lowest BCUT2D eigenvalue weighted by Gasteiger charge is -2.13. The molecule has 0 radical (unpaired) electrons. The van der Waals surface area contributed by atoms with Gasteiger partial charge in [-0.05, 0) is 37.4 Å². The van der Waals surface area contributed by atoms with Crippen LogP contribution < -0.4 is 20.5 Å². The summed E-state index contributed by atoms with van der Waals surface area (Å²) in [6.45, 7) is 0. The Hall–Kier alpha value is -2.25. The number of nitrogens with two attached hydrogens (primary N) is 1. The molecule has 0 aromatic heterocycles. The summed E-state index contributed by atoms with van der Waals surface area (Å²) < 4.78 is 30.9. The van der Waals surface area contributed by atoms with Crippen LogP contribution in [0.1, 0.15) is 0 Å². The van der Waals surface area contributed by atoms with Gasteiger partial charge in [0.2, 0.25) is 10.0 Å². The number of ether oxygens (including phenoxy) is 1. The molecule has 0 aliphatic heterocycles. The van der Waals surface area contributed by atoms with Crippen LogP contribution in [0, 0.1) is 0 Å². The Morgan fingerprint density at radius 3 is 2.43 bits per heavy atom. The van der Waals surface area contributed by atoms with Crippen LogP contribution >= 0.6 is 0 Å². The second-order valence-corrected chi connectivity index (χ2v) is 6.17. The van der Waals surface area contributed by atoms with Gasteiger partial charge in [-0.1, -0.05) is 12.1 Å². The molecule has 7 heteroatoms. The summed E-state index contributed by atoms with van der Waals surface area (Å²) in [6.07, 6.45) is 0. The van der Waals surface area contributed by atoms with Crippen LogP contribution in [0.5, 0.6) is 5.75 Å². The molecule has 2 rings (SSSR count). The highest BCUT2D eigenvalue weighted by atomic mass is 32.2. The van der Waals surface area contributed by atoms with E-state index in [0.29, 0.717) is 17.1 Å². The first kappa shape index (κ1) is 15.1. The van der Waals surface area contributed by atoms with Crippen LogP contribution in [-0.2, 0) is 10.0 Å². The molecule has 0 unspecified atom stereocenters. The van der Waals surface area contributed by atoms with Gasteiger partial charge < -0.3 is 15.8 Å². The molecule has 0 aliphatic carbocycles. The molecule has 0 saturated heterocycles. The van der Waals surface area contributed by atoms with E-state index in [4.69, 9.17) is 10.5 Å². The number of hydrogen-bond acceptors (Lipinski definition) is 5. The van der Waals surface area contributed by atoms with E-state index >= 15 is 0 Å². The average Bonchev–Trinajstić information content (AvgIpc) is 2.49. The van der Waals surface area contributed by atoms with Crippen LogP contribution in [0.3, 0.4) is 0 Å². The van der Waals surface area contributed by atoms with Crippen molar-refractivity contribution in [1.82, 2.24) is 4.72 Å². The number of hydrogen-bond donors (Lipinski definition) is 3. The van der Waals surface area contributed by atoms with Gasteiger partial charge in [0.15, 0.2) is 0 Å². The fraction of sp³-hybridized carbons (Fsp3) is 0.143. The first-order valence-corrected chi connectivity index (χ1v) is 7.69. The normalized spacial score (nSPS) is 11.1. The molecule has 6 nitrogen and oxygen atoms in total. The Kier molecular flexibility index (Phi) is 4.35. The van der Waals surface area contributed by atoms with E-state index < -0.39 is 10.0 Å². The van der Waals surface area contributed by atoms with Crippen molar-refractivity contribution in [3.63, 3.8) is 0 Å². The summed E-state index contributed by atoms with van der Waals surface area (Å²) in [5, 5.41) is 3.12. The highest BCUT2D eigenvalue weighted by molar-refractivity contribution is 7.89. The maximum atomic E-state index is 11.7. The van der Waals surface area contributed by atoms with Gasteiger partial charge in [0.25, 0.3) is 0 Å². The number of methoxy groups -OCH3 is 1. The fourth-order valence-electron chi connectivity index (χ4n) is 1.83. The summed E-state index contributed by atoms with van der Waals surface area (Å²) >= 11 is 0. The fourth-order valence-corrected chi connectivity index (χ4v) is 2.60. The Morgan fingerprint density at radius 1 is 1.10 bits per heavy atom. The third-order valence-electron chi connectivity index (χ3n) is 2.98. The molecule has 0 aliphatic rings. The Morgan fingerprint density at radius 2 is 1.81 bits per heavy atom. The summed E-state index contributed by atoms with van der Waals surface area (Å²) in [7, 11) is -0.576. The average molecular weight is 307 g/mol. The maximum Gasteiger partial charge on any atom is 0.240 e. The molecular formula is C14H17N3O3S. The molecule has 2 aromatic carbocycles. The topological polar surface area (TPSA) is 93.5 Å². The van der Waals surface area contributed by atoms with Gasteiger partial charge in [0, 0.05) is 0 Å². The molecular weight excluding hydrogens is 290 g/mol. The number of nitrogens with one attached hydrogen (secondary N) is 2. The molecule has 0 spiro atoms. The van der Waals surface area contributed by atoms with E-state index in [2.05, 4.69) is 10.0 Å². The molecule has 4 N–H and O–H groups in total. The van der Waals surface area contributed by atoms with Crippen LogP contribution in [0.25, 0.3) is 0 Å². The number of anilines is 3. The number of sulfonamides is 1. The first-order chi connectivity index (χ1) is 9.97. The molecule has 0 heterocycles. The molecule has 2 aromatic rings. The number of para-hydroxylation sites is 2. The molecule has 0 bridgehead atoms. The highest BCUT2D eigenvalue weighted by Crippen LogP contribution is 2.30. The highest BCUT2D eigenvalue weighted by Gasteiger charge is 2.13. The quantitative estimate of drug-likeness (QED) is 0.734. The minimum atomic E-state index is -3.51. The van der Waals surface area contributed by atoms with Crippen LogP contribution in [0.4, 0.5) is 17.1 Å². The summed E-state index contributed by atoms with van der Waals surface area (Å²) in [5.74, 6) is 0.670. The van der Waals surface area contributed by atoms with E-state index in [9.17, 15) is 8.42 Å². The number of rotatable bonds is 5. The molecule has 112 valence electrons. The monoisotopic (exact) mass is 307 g/mol. The SMILES string of the molecule is CNS(=O)(=O)c1ccc(Nc2ccccc2OC)c(N)c1. The Labute approximate surface area is 124 Å². The van der Waals surface area contributed by atoms with E-state index in [1.807, 2.05) is 24.3 Å². The third kappa shape index (κ3) is 3.26. The number of nitrogen functional groups attached to an aromatic ring is 1. The zero-order chi connectivity index (χ0) is 15.5. The second kappa shape index (κ2) is 6.02. The lowest BCUT2D eigenvalue weighted by atomic mass is 10.2. The van der Waals surface area contributed by atoms with Crippen molar-refractivity contribution in [1.29, 1.82) is 0 Å². The van der Waals surface area contributed by atoms with Crippen molar-refractivity contribution >= 4 is 27.1 Å². The molecule has 21 heavy (non-hydrogen) atoms. The predicted octanol–water partition coefficient (Wildman–Crippen LogP) is 1.93. The maximum absolute atomic E-state index is 11.7. The first-order valence-electron chi connectivity index (χ1n) is 6.21. The third-order valence-corrected chi connectivity index (χ3v) is 4.39. The van der Waals surface area contributed by atoms with E-state index in [-0.39, 0.29) is 4.90 Å².